The number of carbonyl (C=O) groups excluding carboxylic acids is 1. The van der Waals surface area contributed by atoms with Gasteiger partial charge in [-0.1, -0.05) is 56.7 Å². The molecule has 0 aliphatic heterocycles. The van der Waals surface area contributed by atoms with Gasteiger partial charge < -0.3 is 10.1 Å². The van der Waals surface area contributed by atoms with Gasteiger partial charge in [-0.2, -0.15) is 0 Å². The largest absolute Gasteiger partial charge is 0.497 e. The fourth-order valence-corrected chi connectivity index (χ4v) is 5.17. The molecule has 3 atom stereocenters. The normalized spacial score (nSPS) is 20.8. The van der Waals surface area contributed by atoms with E-state index in [1.807, 2.05) is 36.4 Å². The van der Waals surface area contributed by atoms with Gasteiger partial charge in [0.05, 0.1) is 29.5 Å². The maximum atomic E-state index is 13.4. The molecule has 1 aliphatic carbocycles. The monoisotopic (exact) mass is 451 g/mol. The summed E-state index contributed by atoms with van der Waals surface area (Å²) < 4.78 is 6.90. The summed E-state index contributed by atoms with van der Waals surface area (Å²) in [6.07, 6.45) is 3.38. The number of carbonyl (C=O) groups is 1. The molecule has 1 heterocycles. The predicted molar refractivity (Wildman–Crippen MR) is 129 cm³/mol. The zero-order valence-electron chi connectivity index (χ0n) is 18.7. The van der Waals surface area contributed by atoms with Crippen molar-refractivity contribution < 1.29 is 9.53 Å². The van der Waals surface area contributed by atoms with Crippen LogP contribution in [-0.4, -0.2) is 34.4 Å². The van der Waals surface area contributed by atoms with Crippen molar-refractivity contribution in [2.24, 2.45) is 11.8 Å². The molecule has 1 aliphatic rings. The number of nitrogens with zero attached hydrogens (tertiary/aromatic N) is 2. The molecule has 0 bridgehead atoms. The zero-order valence-corrected chi connectivity index (χ0v) is 19.5. The quantitative estimate of drug-likeness (QED) is 0.443. The number of hydrogen-bond acceptors (Lipinski definition) is 5. The number of para-hydroxylation sites is 1. The van der Waals surface area contributed by atoms with E-state index in [9.17, 15) is 9.59 Å². The van der Waals surface area contributed by atoms with Gasteiger partial charge in [0.1, 0.15) is 5.75 Å². The maximum absolute atomic E-state index is 13.4. The SMILES string of the molecule is COc1cccc(-n2c(SCC(=O)N[C@@H]3CCC[C@H](C)[C@@H]3C)nc3ccccc3c2=O)c1. The first-order chi connectivity index (χ1) is 15.5. The molecule has 3 aromatic rings. The topological polar surface area (TPSA) is 73.2 Å². The molecular formula is C25H29N3O3S. The van der Waals surface area contributed by atoms with Gasteiger partial charge in [0.25, 0.3) is 5.56 Å². The summed E-state index contributed by atoms with van der Waals surface area (Å²) in [7, 11) is 1.59. The van der Waals surface area contributed by atoms with Crippen LogP contribution in [0.3, 0.4) is 0 Å². The first-order valence-corrected chi connectivity index (χ1v) is 12.0. The van der Waals surface area contributed by atoms with E-state index >= 15 is 0 Å². The summed E-state index contributed by atoms with van der Waals surface area (Å²) >= 11 is 1.28. The molecule has 4 rings (SSSR count). The number of rotatable bonds is 6. The summed E-state index contributed by atoms with van der Waals surface area (Å²) in [6.45, 7) is 4.47. The van der Waals surface area contributed by atoms with Crippen molar-refractivity contribution >= 4 is 28.6 Å². The Bertz CT molecular complexity index is 1180. The molecule has 6 nitrogen and oxygen atoms in total. The van der Waals surface area contributed by atoms with Crippen molar-refractivity contribution in [1.29, 1.82) is 0 Å². The zero-order chi connectivity index (χ0) is 22.7. The van der Waals surface area contributed by atoms with Crippen LogP contribution in [0.1, 0.15) is 33.1 Å². The van der Waals surface area contributed by atoms with E-state index in [2.05, 4.69) is 19.2 Å². The molecular weight excluding hydrogens is 422 g/mol. The summed E-state index contributed by atoms with van der Waals surface area (Å²) in [4.78, 5) is 30.8. The number of methoxy groups -OCH3 is 1. The Balaban J connectivity index is 1.62. The number of nitrogens with one attached hydrogen (secondary N) is 1. The Kier molecular flexibility index (Phi) is 6.84. The van der Waals surface area contributed by atoms with E-state index in [0.29, 0.717) is 39.3 Å². The van der Waals surface area contributed by atoms with E-state index in [-0.39, 0.29) is 23.3 Å². The molecule has 1 amide bonds. The summed E-state index contributed by atoms with van der Waals surface area (Å²) in [5.74, 6) is 1.90. The number of aromatic nitrogens is 2. The number of ether oxygens (including phenoxy) is 1. The minimum Gasteiger partial charge on any atom is -0.497 e. The summed E-state index contributed by atoms with van der Waals surface area (Å²) in [6, 6.07) is 14.8. The van der Waals surface area contributed by atoms with E-state index in [0.717, 1.165) is 12.8 Å². The lowest BCUT2D eigenvalue weighted by Crippen LogP contribution is -2.44. The average molecular weight is 452 g/mol. The first kappa shape index (κ1) is 22.4. The smallest absolute Gasteiger partial charge is 0.266 e. The third-order valence-electron chi connectivity index (χ3n) is 6.44. The highest BCUT2D eigenvalue weighted by Crippen LogP contribution is 2.30. The molecule has 1 fully saturated rings. The fraction of sp³-hybridized carbons (Fsp3) is 0.400. The second-order valence-electron chi connectivity index (χ2n) is 8.48. The third kappa shape index (κ3) is 4.67. The van der Waals surface area contributed by atoms with Gasteiger partial charge in [-0.25, -0.2) is 4.98 Å². The highest BCUT2D eigenvalue weighted by atomic mass is 32.2. The van der Waals surface area contributed by atoms with E-state index in [4.69, 9.17) is 9.72 Å². The van der Waals surface area contributed by atoms with Crippen LogP contribution < -0.4 is 15.6 Å². The van der Waals surface area contributed by atoms with Gasteiger partial charge in [-0.15, -0.1) is 0 Å². The van der Waals surface area contributed by atoms with E-state index < -0.39 is 0 Å². The molecule has 1 saturated carbocycles. The van der Waals surface area contributed by atoms with Crippen LogP contribution in [0.2, 0.25) is 0 Å². The van der Waals surface area contributed by atoms with Crippen molar-refractivity contribution in [2.45, 2.75) is 44.3 Å². The molecule has 1 N–H and O–H groups in total. The molecule has 0 unspecified atom stereocenters. The van der Waals surface area contributed by atoms with Gasteiger partial charge in [0, 0.05) is 12.1 Å². The van der Waals surface area contributed by atoms with Crippen LogP contribution in [0, 0.1) is 11.8 Å². The van der Waals surface area contributed by atoms with Gasteiger partial charge >= 0.3 is 0 Å². The molecule has 1 aromatic heterocycles. The Morgan fingerprint density at radius 2 is 2.00 bits per heavy atom. The Morgan fingerprint density at radius 1 is 1.19 bits per heavy atom. The second kappa shape index (κ2) is 9.77. The Hall–Kier alpha value is -2.80. The Morgan fingerprint density at radius 3 is 2.81 bits per heavy atom. The number of amides is 1. The van der Waals surface area contributed by atoms with Crippen LogP contribution in [0.15, 0.2) is 58.5 Å². The van der Waals surface area contributed by atoms with Crippen LogP contribution in [0.4, 0.5) is 0 Å². The molecule has 2 aromatic carbocycles. The van der Waals surface area contributed by atoms with Crippen molar-refractivity contribution in [2.75, 3.05) is 12.9 Å². The van der Waals surface area contributed by atoms with Crippen molar-refractivity contribution in [3.05, 3.63) is 58.9 Å². The Labute approximate surface area is 192 Å². The highest BCUT2D eigenvalue weighted by molar-refractivity contribution is 7.99. The molecule has 7 heteroatoms. The van der Waals surface area contributed by atoms with Gasteiger partial charge in [-0.05, 0) is 42.5 Å². The lowest BCUT2D eigenvalue weighted by molar-refractivity contribution is -0.120. The van der Waals surface area contributed by atoms with Gasteiger partial charge in [0.2, 0.25) is 5.91 Å². The van der Waals surface area contributed by atoms with Crippen LogP contribution in [0.5, 0.6) is 5.75 Å². The number of benzene rings is 2. The maximum Gasteiger partial charge on any atom is 0.266 e. The van der Waals surface area contributed by atoms with Crippen LogP contribution in [0.25, 0.3) is 16.6 Å². The van der Waals surface area contributed by atoms with E-state index in [1.165, 1.54) is 18.2 Å². The molecule has 168 valence electrons. The minimum absolute atomic E-state index is 0.0273. The number of hydrogen-bond donors (Lipinski definition) is 1. The average Bonchev–Trinajstić information content (AvgIpc) is 2.81. The van der Waals surface area contributed by atoms with Gasteiger partial charge in [-0.3, -0.25) is 14.2 Å². The minimum atomic E-state index is -0.165. The summed E-state index contributed by atoms with van der Waals surface area (Å²) in [5.41, 5.74) is 1.11. The third-order valence-corrected chi connectivity index (χ3v) is 7.38. The predicted octanol–water partition coefficient (Wildman–Crippen LogP) is 4.43. The van der Waals surface area contributed by atoms with E-state index in [1.54, 1.807) is 23.8 Å². The van der Waals surface area contributed by atoms with Crippen molar-refractivity contribution in [1.82, 2.24) is 14.9 Å². The lowest BCUT2D eigenvalue weighted by Gasteiger charge is -2.34. The standard InChI is InChI=1S/C25H29N3O3S/c1-16-8-6-13-21(17(16)2)26-23(29)15-32-25-27-22-12-5-4-11-20(22)24(30)28(25)18-9-7-10-19(14-18)31-3/h4-5,7,9-12,14,16-17,21H,6,8,13,15H2,1-3H3,(H,26,29)/t16-,17-,21+/m0/s1. The highest BCUT2D eigenvalue weighted by Gasteiger charge is 2.28. The van der Waals surface area contributed by atoms with Gasteiger partial charge in [0.15, 0.2) is 5.16 Å². The number of fused-ring (bicyclic) bond motifs is 1. The molecule has 0 radical (unpaired) electrons. The second-order valence-corrected chi connectivity index (χ2v) is 9.43. The van der Waals surface area contributed by atoms with Crippen LogP contribution >= 0.6 is 11.8 Å². The fourth-order valence-electron chi connectivity index (χ4n) is 4.35. The van der Waals surface area contributed by atoms with Crippen molar-refractivity contribution in [3.63, 3.8) is 0 Å². The first-order valence-electron chi connectivity index (χ1n) is 11.1. The molecule has 0 saturated heterocycles. The lowest BCUT2D eigenvalue weighted by atomic mass is 9.78. The molecule has 32 heavy (non-hydrogen) atoms. The van der Waals surface area contributed by atoms with Crippen LogP contribution in [-0.2, 0) is 4.79 Å². The summed E-state index contributed by atoms with van der Waals surface area (Å²) in [5, 5.41) is 4.23. The number of thioether (sulfide) groups is 1. The van der Waals surface area contributed by atoms with Crippen molar-refractivity contribution in [3.8, 4) is 11.4 Å². The molecule has 0 spiro atoms.